The maximum Gasteiger partial charge on any atom is 0.244 e. The number of hydrogen-bond acceptors (Lipinski definition) is 9. The molecule has 1 atom stereocenters. The number of amides is 1. The smallest absolute Gasteiger partial charge is 0.244 e. The van der Waals surface area contributed by atoms with Gasteiger partial charge < -0.3 is 9.84 Å². The van der Waals surface area contributed by atoms with Gasteiger partial charge >= 0.3 is 0 Å². The largest absolute Gasteiger partial charge is 0.339 e. The molecule has 1 aliphatic heterocycles. The van der Waals surface area contributed by atoms with Gasteiger partial charge in [0.05, 0.1) is 21.4 Å². The molecule has 1 fully saturated rings. The first-order valence-corrected chi connectivity index (χ1v) is 12.5. The van der Waals surface area contributed by atoms with Gasteiger partial charge in [0.2, 0.25) is 27.6 Å². The Labute approximate surface area is 182 Å². The summed E-state index contributed by atoms with van der Waals surface area (Å²) in [6.45, 7) is 5.82. The van der Waals surface area contributed by atoms with Gasteiger partial charge in [-0.15, -0.1) is 22.7 Å². The van der Waals surface area contributed by atoms with Gasteiger partial charge in [0.1, 0.15) is 0 Å². The van der Waals surface area contributed by atoms with E-state index in [-0.39, 0.29) is 17.3 Å². The molecule has 1 amide bonds. The molecule has 30 heavy (non-hydrogen) atoms. The Bertz CT molecular complexity index is 1180. The molecule has 3 aromatic heterocycles. The summed E-state index contributed by atoms with van der Waals surface area (Å²) in [7, 11) is -3.74. The van der Waals surface area contributed by atoms with Gasteiger partial charge in [0, 0.05) is 30.3 Å². The number of rotatable bonds is 5. The van der Waals surface area contributed by atoms with Crippen LogP contribution in [0.4, 0.5) is 5.13 Å². The summed E-state index contributed by atoms with van der Waals surface area (Å²) in [4.78, 5) is 22.6. The minimum absolute atomic E-state index is 0.143. The monoisotopic (exact) mass is 467 g/mol. The lowest BCUT2D eigenvalue weighted by Crippen LogP contribution is -2.43. The third-order valence-corrected chi connectivity index (χ3v) is 8.88. The van der Waals surface area contributed by atoms with E-state index in [1.807, 2.05) is 12.3 Å². The highest BCUT2D eigenvalue weighted by Gasteiger charge is 2.35. The lowest BCUT2D eigenvalue weighted by Gasteiger charge is -2.31. The Morgan fingerprint density at radius 2 is 2.10 bits per heavy atom. The van der Waals surface area contributed by atoms with E-state index in [9.17, 15) is 13.2 Å². The van der Waals surface area contributed by atoms with Gasteiger partial charge in [0.15, 0.2) is 5.13 Å². The highest BCUT2D eigenvalue weighted by atomic mass is 32.2. The van der Waals surface area contributed by atoms with Crippen molar-refractivity contribution < 1.29 is 17.7 Å². The highest BCUT2D eigenvalue weighted by molar-refractivity contribution is 7.89. The second-order valence-corrected chi connectivity index (χ2v) is 11.2. The normalized spacial score (nSPS) is 17.9. The lowest BCUT2D eigenvalue weighted by atomic mass is 9.99. The van der Waals surface area contributed by atoms with Crippen LogP contribution in [0.25, 0.3) is 10.7 Å². The summed E-state index contributed by atoms with van der Waals surface area (Å²) in [6, 6.07) is 1.58. The van der Waals surface area contributed by atoms with E-state index in [1.165, 1.54) is 27.0 Å². The number of carbonyl (C=O) groups excluding carboxylic acids is 1. The SMILES string of the molecule is Cc1csc(NC(=O)[C@@H]2CCCN(S(=O)(=O)c3cc(-c4noc(C)n4)sc3C)C2)n1. The number of anilines is 1. The molecule has 0 spiro atoms. The number of sulfonamides is 1. The van der Waals surface area contributed by atoms with Crippen molar-refractivity contribution >= 4 is 43.7 Å². The molecule has 0 saturated carbocycles. The number of nitrogens with one attached hydrogen (secondary N) is 1. The molecule has 0 aromatic carbocycles. The minimum Gasteiger partial charge on any atom is -0.339 e. The van der Waals surface area contributed by atoms with Crippen LogP contribution in [0.15, 0.2) is 20.9 Å². The van der Waals surface area contributed by atoms with E-state index in [1.54, 1.807) is 19.9 Å². The maximum absolute atomic E-state index is 13.3. The number of hydrogen-bond donors (Lipinski definition) is 1. The van der Waals surface area contributed by atoms with Gasteiger partial charge in [0.25, 0.3) is 0 Å². The summed E-state index contributed by atoms with van der Waals surface area (Å²) in [5.74, 6) is 0.169. The average Bonchev–Trinajstić information content (AvgIpc) is 3.42. The summed E-state index contributed by atoms with van der Waals surface area (Å²) < 4.78 is 33.0. The second-order valence-electron chi connectivity index (χ2n) is 7.15. The van der Waals surface area contributed by atoms with Gasteiger partial charge in [-0.3, -0.25) is 4.79 Å². The Morgan fingerprint density at radius 1 is 1.30 bits per heavy atom. The molecule has 12 heteroatoms. The zero-order valence-electron chi connectivity index (χ0n) is 16.7. The zero-order chi connectivity index (χ0) is 21.5. The average molecular weight is 468 g/mol. The standard InChI is InChI=1S/C18H21N5O4S3/c1-10-9-28-18(19-10)21-17(24)13-5-4-6-23(8-13)30(25,26)15-7-14(29-11(15)2)16-20-12(3)27-22-16/h7,9,13H,4-6,8H2,1-3H3,(H,19,21,24)/t13-/m1/s1. The van der Waals surface area contributed by atoms with Crippen molar-refractivity contribution in [3.63, 3.8) is 0 Å². The van der Waals surface area contributed by atoms with Crippen LogP contribution < -0.4 is 5.32 Å². The predicted octanol–water partition coefficient (Wildman–Crippen LogP) is 3.22. The summed E-state index contributed by atoms with van der Waals surface area (Å²) in [5, 5.41) is 9.07. The van der Waals surface area contributed by atoms with Gasteiger partial charge in [-0.25, -0.2) is 13.4 Å². The highest BCUT2D eigenvalue weighted by Crippen LogP contribution is 2.35. The van der Waals surface area contributed by atoms with Crippen molar-refractivity contribution in [3.05, 3.63) is 27.9 Å². The van der Waals surface area contributed by atoms with Crippen LogP contribution in [0.3, 0.4) is 0 Å². The van der Waals surface area contributed by atoms with E-state index in [0.29, 0.717) is 46.0 Å². The molecule has 9 nitrogen and oxygen atoms in total. The van der Waals surface area contributed by atoms with Crippen molar-refractivity contribution in [1.29, 1.82) is 0 Å². The molecule has 4 rings (SSSR count). The number of carbonyl (C=O) groups is 1. The Hall–Kier alpha value is -2.15. The number of aromatic nitrogens is 3. The zero-order valence-corrected chi connectivity index (χ0v) is 19.2. The maximum atomic E-state index is 13.3. The third kappa shape index (κ3) is 4.17. The quantitative estimate of drug-likeness (QED) is 0.612. The molecular weight excluding hydrogens is 446 g/mol. The molecular formula is C18H21N5O4S3. The molecule has 1 saturated heterocycles. The molecule has 1 N–H and O–H groups in total. The first-order valence-electron chi connectivity index (χ1n) is 9.38. The first-order chi connectivity index (χ1) is 14.2. The molecule has 0 aliphatic carbocycles. The third-order valence-electron chi connectivity index (χ3n) is 4.84. The number of thiazole rings is 1. The van der Waals surface area contributed by atoms with Crippen LogP contribution in [0, 0.1) is 26.7 Å². The fraction of sp³-hybridized carbons (Fsp3) is 0.444. The van der Waals surface area contributed by atoms with Crippen molar-refractivity contribution in [2.24, 2.45) is 5.92 Å². The molecule has 160 valence electrons. The number of thiophene rings is 1. The van der Waals surface area contributed by atoms with Crippen molar-refractivity contribution in [3.8, 4) is 10.7 Å². The van der Waals surface area contributed by atoms with Crippen LogP contribution in [0.1, 0.15) is 29.3 Å². The van der Waals surface area contributed by atoms with Crippen LogP contribution in [-0.2, 0) is 14.8 Å². The number of piperidine rings is 1. The molecule has 3 aromatic rings. The Kier molecular flexibility index (Phi) is 5.75. The van der Waals surface area contributed by atoms with Crippen LogP contribution >= 0.6 is 22.7 Å². The van der Waals surface area contributed by atoms with E-state index < -0.39 is 15.9 Å². The number of aryl methyl sites for hydroxylation is 3. The first kappa shape index (κ1) is 21.1. The van der Waals surface area contributed by atoms with Crippen LogP contribution in [-0.4, -0.2) is 46.8 Å². The van der Waals surface area contributed by atoms with Crippen molar-refractivity contribution in [2.45, 2.75) is 38.5 Å². The second kappa shape index (κ2) is 8.17. The summed E-state index contributed by atoms with van der Waals surface area (Å²) in [5.41, 5.74) is 0.837. The fourth-order valence-electron chi connectivity index (χ4n) is 3.36. The summed E-state index contributed by atoms with van der Waals surface area (Å²) in [6.07, 6.45) is 1.26. The molecule has 0 radical (unpaired) electrons. The van der Waals surface area contributed by atoms with E-state index >= 15 is 0 Å². The summed E-state index contributed by atoms with van der Waals surface area (Å²) >= 11 is 2.66. The molecule has 1 aliphatic rings. The fourth-order valence-corrected chi connectivity index (χ4v) is 7.06. The Balaban J connectivity index is 1.52. The predicted molar refractivity (Wildman–Crippen MR) is 114 cm³/mol. The van der Waals surface area contributed by atoms with Gasteiger partial charge in [-0.2, -0.15) is 9.29 Å². The van der Waals surface area contributed by atoms with Gasteiger partial charge in [-0.1, -0.05) is 5.16 Å². The Morgan fingerprint density at radius 3 is 2.77 bits per heavy atom. The van der Waals surface area contributed by atoms with Crippen LogP contribution in [0.2, 0.25) is 0 Å². The van der Waals surface area contributed by atoms with Gasteiger partial charge in [-0.05, 0) is 32.8 Å². The van der Waals surface area contributed by atoms with Crippen LogP contribution in [0.5, 0.6) is 0 Å². The lowest BCUT2D eigenvalue weighted by molar-refractivity contribution is -0.120. The van der Waals surface area contributed by atoms with E-state index in [4.69, 9.17) is 4.52 Å². The molecule has 4 heterocycles. The number of nitrogens with zero attached hydrogens (tertiary/aromatic N) is 4. The van der Waals surface area contributed by atoms with E-state index in [0.717, 1.165) is 5.69 Å². The van der Waals surface area contributed by atoms with E-state index in [2.05, 4.69) is 20.4 Å². The topological polar surface area (TPSA) is 118 Å². The molecule has 0 bridgehead atoms. The molecule has 0 unspecified atom stereocenters. The minimum atomic E-state index is -3.74. The van der Waals surface area contributed by atoms with Crippen molar-refractivity contribution in [2.75, 3.05) is 18.4 Å². The van der Waals surface area contributed by atoms with Crippen molar-refractivity contribution in [1.82, 2.24) is 19.4 Å².